The van der Waals surface area contributed by atoms with E-state index in [9.17, 15) is 28.0 Å². The minimum Gasteiger partial charge on any atom is -0.467 e. The van der Waals surface area contributed by atoms with Crippen LogP contribution in [-0.2, 0) is 48.0 Å². The Labute approximate surface area is 339 Å². The minimum absolute atomic E-state index is 0.161. The van der Waals surface area contributed by atoms with E-state index in [1.807, 2.05) is 77.1 Å². The third kappa shape index (κ3) is 10.3. The maximum Gasteiger partial charge on any atom is 0.345 e. The summed E-state index contributed by atoms with van der Waals surface area (Å²) in [5.41, 5.74) is 9.00. The zero-order chi connectivity index (χ0) is 42.1. The van der Waals surface area contributed by atoms with Crippen molar-refractivity contribution in [1.82, 2.24) is 30.2 Å². The highest BCUT2D eigenvalue weighted by Crippen LogP contribution is 2.42. The quantitative estimate of drug-likeness (QED) is 0.100. The molecule has 0 radical (unpaired) electrons. The molecular formula is C44H56F2N6O6. The fourth-order valence-corrected chi connectivity index (χ4v) is 8.03. The van der Waals surface area contributed by atoms with E-state index in [4.69, 9.17) is 9.47 Å². The molecule has 3 unspecified atom stereocenters. The first-order valence-corrected chi connectivity index (χ1v) is 19.9. The van der Waals surface area contributed by atoms with Gasteiger partial charge in [0.05, 0.1) is 18.0 Å². The standard InChI is InChI=1S/C44H56F2N6O6/c1-8-51-37-17-16-32(23-34(37)35(24-44(5,6)25-57-27-54)40(51)33-15-12-18-47-38(33)29(4)58-43(45)46)31-14-11-13-30(21-31)22-36(42(56)52-20-10-9-19-48-52)49-41(55)39(28(2)3)50(7)26-53/h11-18,21,23,26-29,36,39,43,48H,8-10,19-20,22,24-25H2,1-7H3,(H,49,55). The predicted molar refractivity (Wildman–Crippen MR) is 218 cm³/mol. The van der Waals surface area contributed by atoms with Gasteiger partial charge < -0.3 is 24.3 Å². The number of ether oxygens (including phenoxy) is 2. The van der Waals surface area contributed by atoms with Crippen LogP contribution in [0.3, 0.4) is 0 Å². The number of halogens is 2. The molecule has 3 amide bonds. The molecule has 2 N–H and O–H groups in total. The summed E-state index contributed by atoms with van der Waals surface area (Å²) in [5.74, 6) is -0.843. The molecule has 0 aliphatic carbocycles. The molecule has 312 valence electrons. The lowest BCUT2D eigenvalue weighted by molar-refractivity contribution is -0.160. The highest BCUT2D eigenvalue weighted by molar-refractivity contribution is 5.95. The Balaban J connectivity index is 1.60. The summed E-state index contributed by atoms with van der Waals surface area (Å²) >= 11 is 0. The van der Waals surface area contributed by atoms with Crippen molar-refractivity contribution in [2.24, 2.45) is 11.3 Å². The number of likely N-dealkylation sites (N-methyl/N-ethyl adjacent to an activating group) is 1. The molecule has 1 fully saturated rings. The normalized spacial score (nSPS) is 15.0. The number of amides is 3. The molecule has 1 aliphatic heterocycles. The van der Waals surface area contributed by atoms with Gasteiger partial charge in [-0.1, -0.05) is 58.0 Å². The summed E-state index contributed by atoms with van der Waals surface area (Å²) in [5, 5.41) is 5.49. The second-order valence-electron chi connectivity index (χ2n) is 16.1. The fraction of sp³-hybridized carbons (Fsp3) is 0.477. The Kier molecular flexibility index (Phi) is 14.8. The summed E-state index contributed by atoms with van der Waals surface area (Å²) in [6.07, 6.45) is 3.66. The smallest absolute Gasteiger partial charge is 0.345 e. The maximum absolute atomic E-state index is 14.0. The van der Waals surface area contributed by atoms with Gasteiger partial charge in [-0.25, -0.2) is 5.43 Å². The van der Waals surface area contributed by atoms with E-state index in [1.54, 1.807) is 31.2 Å². The molecule has 1 saturated heterocycles. The van der Waals surface area contributed by atoms with Crippen LogP contribution in [0.1, 0.15) is 77.3 Å². The molecule has 3 atom stereocenters. The van der Waals surface area contributed by atoms with Crippen molar-refractivity contribution in [2.45, 2.75) is 98.6 Å². The number of nitrogens with one attached hydrogen (secondary N) is 2. The molecule has 2 aromatic carbocycles. The molecule has 0 bridgehead atoms. The van der Waals surface area contributed by atoms with Crippen molar-refractivity contribution in [3.8, 4) is 22.4 Å². The van der Waals surface area contributed by atoms with E-state index >= 15 is 0 Å². The van der Waals surface area contributed by atoms with Gasteiger partial charge in [0.2, 0.25) is 12.3 Å². The van der Waals surface area contributed by atoms with Crippen LogP contribution >= 0.6 is 0 Å². The van der Waals surface area contributed by atoms with Crippen LogP contribution in [-0.4, -0.2) is 89.6 Å². The van der Waals surface area contributed by atoms with Crippen LogP contribution in [0.25, 0.3) is 33.3 Å². The molecule has 3 heterocycles. The van der Waals surface area contributed by atoms with E-state index in [-0.39, 0.29) is 24.9 Å². The number of aryl methyl sites for hydroxylation is 1. The van der Waals surface area contributed by atoms with Crippen LogP contribution in [0, 0.1) is 11.3 Å². The third-order valence-electron chi connectivity index (χ3n) is 10.7. The first kappa shape index (κ1) is 43.9. The first-order chi connectivity index (χ1) is 27.7. The zero-order valence-electron chi connectivity index (χ0n) is 34.5. The lowest BCUT2D eigenvalue weighted by atomic mass is 9.84. The first-order valence-electron chi connectivity index (χ1n) is 19.9. The molecule has 1 aliphatic rings. The molecule has 4 aromatic rings. The Morgan fingerprint density at radius 3 is 2.47 bits per heavy atom. The number of hydrazine groups is 1. The molecular weight excluding hydrogens is 747 g/mol. The number of carbonyl (C=O) groups excluding carboxylic acids is 4. The number of pyridine rings is 1. The zero-order valence-corrected chi connectivity index (χ0v) is 34.5. The van der Waals surface area contributed by atoms with Gasteiger partial charge >= 0.3 is 6.61 Å². The summed E-state index contributed by atoms with van der Waals surface area (Å²) in [7, 11) is 1.56. The number of benzene rings is 2. The third-order valence-corrected chi connectivity index (χ3v) is 10.7. The van der Waals surface area contributed by atoms with Crippen LogP contribution in [0.5, 0.6) is 0 Å². The van der Waals surface area contributed by atoms with Crippen molar-refractivity contribution in [1.29, 1.82) is 0 Å². The lowest BCUT2D eigenvalue weighted by Gasteiger charge is -2.33. The highest BCUT2D eigenvalue weighted by Gasteiger charge is 2.33. The number of alkyl halides is 2. The van der Waals surface area contributed by atoms with Gasteiger partial charge in [0, 0.05) is 61.2 Å². The van der Waals surface area contributed by atoms with E-state index in [0.717, 1.165) is 51.7 Å². The van der Waals surface area contributed by atoms with Gasteiger partial charge in [0.25, 0.3) is 12.4 Å². The summed E-state index contributed by atoms with van der Waals surface area (Å²) in [6, 6.07) is 16.0. The number of hydrogen-bond acceptors (Lipinski definition) is 8. The van der Waals surface area contributed by atoms with Gasteiger partial charge in [-0.15, -0.1) is 0 Å². The van der Waals surface area contributed by atoms with Crippen molar-refractivity contribution in [2.75, 3.05) is 26.7 Å². The van der Waals surface area contributed by atoms with E-state index in [0.29, 0.717) is 50.2 Å². The topological polar surface area (TPSA) is 135 Å². The highest BCUT2D eigenvalue weighted by atomic mass is 19.3. The average Bonchev–Trinajstić information content (AvgIpc) is 3.50. The number of nitrogens with zero attached hydrogens (tertiary/aromatic N) is 4. The van der Waals surface area contributed by atoms with Crippen LogP contribution in [0.2, 0.25) is 0 Å². The minimum atomic E-state index is -2.98. The second kappa shape index (κ2) is 19.5. The lowest BCUT2D eigenvalue weighted by Crippen LogP contribution is -2.58. The van der Waals surface area contributed by atoms with Crippen LogP contribution in [0.4, 0.5) is 8.78 Å². The summed E-state index contributed by atoms with van der Waals surface area (Å²) in [6.45, 7) is 10.7. The number of hydrogen-bond donors (Lipinski definition) is 2. The van der Waals surface area contributed by atoms with Gasteiger partial charge in [-0.2, -0.15) is 8.78 Å². The SMILES string of the molecule is CCn1c(-c2cccnc2C(C)OC(F)F)c(CC(C)(C)COC=O)c2cc(-c3cccc(CC(NC(=O)C(C(C)C)N(C)C=O)C(=O)N4CCCCN4)c3)ccc21. The van der Waals surface area contributed by atoms with Gasteiger partial charge in [0.15, 0.2) is 0 Å². The Morgan fingerprint density at radius 1 is 1.05 bits per heavy atom. The largest absolute Gasteiger partial charge is 0.467 e. The fourth-order valence-electron chi connectivity index (χ4n) is 8.03. The van der Waals surface area contributed by atoms with E-state index in [2.05, 4.69) is 26.4 Å². The second-order valence-corrected chi connectivity index (χ2v) is 16.1. The summed E-state index contributed by atoms with van der Waals surface area (Å²) < 4.78 is 39.3. The molecule has 58 heavy (non-hydrogen) atoms. The number of carbonyl (C=O) groups is 4. The maximum atomic E-state index is 14.0. The monoisotopic (exact) mass is 802 g/mol. The van der Waals surface area contributed by atoms with Crippen LogP contribution in [0.15, 0.2) is 60.8 Å². The predicted octanol–water partition coefficient (Wildman–Crippen LogP) is 6.70. The average molecular weight is 803 g/mol. The Hall–Kier alpha value is -5.21. The van der Waals surface area contributed by atoms with Gasteiger partial charge in [-0.3, -0.25) is 29.2 Å². The van der Waals surface area contributed by atoms with Crippen LogP contribution < -0.4 is 10.7 Å². The molecule has 12 nitrogen and oxygen atoms in total. The molecule has 0 spiro atoms. The molecule has 0 saturated carbocycles. The van der Waals surface area contributed by atoms with Crippen molar-refractivity contribution in [3.63, 3.8) is 0 Å². The Bertz CT molecular complexity index is 2060. The van der Waals surface area contributed by atoms with E-state index < -0.39 is 36.1 Å². The van der Waals surface area contributed by atoms with E-state index in [1.165, 1.54) is 4.90 Å². The van der Waals surface area contributed by atoms with Crippen molar-refractivity contribution in [3.05, 3.63) is 77.6 Å². The Morgan fingerprint density at radius 2 is 1.81 bits per heavy atom. The number of aromatic nitrogens is 2. The molecule has 2 aromatic heterocycles. The number of rotatable bonds is 19. The number of fused-ring (bicyclic) bond motifs is 1. The summed E-state index contributed by atoms with van der Waals surface area (Å²) in [4.78, 5) is 56.4. The van der Waals surface area contributed by atoms with Crippen molar-refractivity contribution >= 4 is 35.6 Å². The van der Waals surface area contributed by atoms with Gasteiger partial charge in [0.1, 0.15) is 18.2 Å². The molecule has 14 heteroatoms. The molecule has 5 rings (SSSR count). The van der Waals surface area contributed by atoms with Crippen molar-refractivity contribution < 1.29 is 37.4 Å². The van der Waals surface area contributed by atoms with Gasteiger partial charge in [-0.05, 0) is 85.5 Å².